The molecule has 1 aliphatic heterocycles. The average molecular weight is 268 g/mol. The standard InChI is InChI=1S/C17H22BP/c18-19(16-10-5-2-6-11-16)13-7-12-17(19)14-15-8-3-1-4-9-15/h1-6,8-11,17,19H,7,12-14,18H2/t17-/m1/s1. The molecule has 0 aromatic heterocycles. The first-order valence-electron chi connectivity index (χ1n) is 7.38. The van der Waals surface area contributed by atoms with Crippen molar-refractivity contribution in [1.29, 1.82) is 0 Å². The van der Waals surface area contributed by atoms with E-state index in [-0.39, 0.29) is 0 Å². The van der Waals surface area contributed by atoms with Crippen LogP contribution < -0.4 is 5.30 Å². The van der Waals surface area contributed by atoms with Gasteiger partial charge in [0.15, 0.2) is 0 Å². The van der Waals surface area contributed by atoms with Crippen LogP contribution >= 0.6 is 7.14 Å². The Morgan fingerprint density at radius 1 is 0.947 bits per heavy atom. The van der Waals surface area contributed by atoms with E-state index in [1.165, 1.54) is 31.0 Å². The van der Waals surface area contributed by atoms with E-state index in [0.717, 1.165) is 5.66 Å². The summed E-state index contributed by atoms with van der Waals surface area (Å²) in [5, 5.41) is 1.66. The Balaban J connectivity index is 1.85. The zero-order chi connectivity index (χ0) is 13.1. The molecule has 1 fully saturated rings. The Labute approximate surface area is 118 Å². The molecule has 1 heterocycles. The molecule has 2 heteroatoms. The van der Waals surface area contributed by atoms with Crippen molar-refractivity contribution < 1.29 is 0 Å². The first-order chi connectivity index (χ1) is 9.29. The van der Waals surface area contributed by atoms with Crippen molar-refractivity contribution >= 4 is 20.0 Å². The van der Waals surface area contributed by atoms with E-state index in [1.54, 1.807) is 5.30 Å². The maximum absolute atomic E-state index is 2.60. The molecule has 0 spiro atoms. The molecule has 2 aromatic carbocycles. The summed E-state index contributed by atoms with van der Waals surface area (Å²) in [4.78, 5) is 0. The molecule has 0 aliphatic carbocycles. The molecule has 0 bridgehead atoms. The van der Waals surface area contributed by atoms with E-state index in [4.69, 9.17) is 0 Å². The Morgan fingerprint density at radius 2 is 1.58 bits per heavy atom. The number of benzene rings is 2. The van der Waals surface area contributed by atoms with Crippen LogP contribution in [-0.2, 0) is 6.42 Å². The summed E-state index contributed by atoms with van der Waals surface area (Å²) in [5.74, 6) is 0. The van der Waals surface area contributed by atoms with Gasteiger partial charge in [-0.25, -0.2) is 0 Å². The van der Waals surface area contributed by atoms with Gasteiger partial charge in [0.25, 0.3) is 0 Å². The normalized spacial score (nSPS) is 23.1. The summed E-state index contributed by atoms with van der Waals surface area (Å²) in [6, 6.07) is 22.4. The quantitative estimate of drug-likeness (QED) is 0.593. The van der Waals surface area contributed by atoms with Crippen molar-refractivity contribution in [3.05, 3.63) is 66.2 Å². The van der Waals surface area contributed by atoms with E-state index >= 15 is 0 Å². The second kappa shape index (κ2) is 5.51. The summed E-state index contributed by atoms with van der Waals surface area (Å²) >= 11 is 0. The van der Waals surface area contributed by atoms with Crippen LogP contribution in [0.4, 0.5) is 0 Å². The first kappa shape index (κ1) is 12.9. The number of rotatable bonds is 3. The van der Waals surface area contributed by atoms with Crippen LogP contribution in [0, 0.1) is 0 Å². The summed E-state index contributed by atoms with van der Waals surface area (Å²) < 4.78 is 0. The first-order valence-corrected chi connectivity index (χ1v) is 10.2. The topological polar surface area (TPSA) is 0 Å². The van der Waals surface area contributed by atoms with Gasteiger partial charge in [0, 0.05) is 0 Å². The molecule has 98 valence electrons. The van der Waals surface area contributed by atoms with Crippen LogP contribution in [0.15, 0.2) is 60.7 Å². The molecule has 0 nitrogen and oxygen atoms in total. The number of hydrogen-bond acceptors (Lipinski definition) is 0. The van der Waals surface area contributed by atoms with Gasteiger partial charge in [0.05, 0.1) is 0 Å². The Bertz CT molecular complexity index is 525. The third kappa shape index (κ3) is 2.62. The van der Waals surface area contributed by atoms with Crippen LogP contribution in [0.1, 0.15) is 18.4 Å². The Morgan fingerprint density at radius 3 is 2.26 bits per heavy atom. The average Bonchev–Trinajstić information content (AvgIpc) is 2.84. The Kier molecular flexibility index (Phi) is 3.75. The third-order valence-electron chi connectivity index (χ3n) is 4.91. The molecule has 2 aromatic rings. The molecular weight excluding hydrogens is 246 g/mol. The molecular formula is C17H22BP. The van der Waals surface area contributed by atoms with Gasteiger partial charge in [-0.15, -0.1) is 0 Å². The Hall–Kier alpha value is -1.07. The fraction of sp³-hybridized carbons (Fsp3) is 0.294. The minimum atomic E-state index is -1.27. The van der Waals surface area contributed by atoms with E-state index in [0.29, 0.717) is 0 Å². The van der Waals surface area contributed by atoms with E-state index in [1.807, 2.05) is 0 Å². The molecule has 0 saturated carbocycles. The van der Waals surface area contributed by atoms with Crippen LogP contribution in [0.5, 0.6) is 0 Å². The van der Waals surface area contributed by atoms with E-state index < -0.39 is 7.14 Å². The fourth-order valence-corrected chi connectivity index (χ4v) is 8.25. The predicted molar refractivity (Wildman–Crippen MR) is 91.0 cm³/mol. The molecule has 1 atom stereocenters. The van der Waals surface area contributed by atoms with Gasteiger partial charge in [-0.05, 0) is 0 Å². The van der Waals surface area contributed by atoms with Crippen LogP contribution in [-0.4, -0.2) is 19.4 Å². The molecule has 3 rings (SSSR count). The second-order valence-corrected chi connectivity index (χ2v) is 10.8. The molecule has 0 N–H and O–H groups in total. The number of hydrogen-bond donors (Lipinski definition) is 0. The summed E-state index contributed by atoms with van der Waals surface area (Å²) in [7, 11) is 1.33. The van der Waals surface area contributed by atoms with Crippen LogP contribution in [0.3, 0.4) is 0 Å². The van der Waals surface area contributed by atoms with Crippen LogP contribution in [0.2, 0.25) is 0 Å². The fourth-order valence-electron chi connectivity index (χ4n) is 3.66. The summed E-state index contributed by atoms with van der Waals surface area (Å²) in [6.07, 6.45) is 5.59. The zero-order valence-electron chi connectivity index (χ0n) is 11.7. The molecule has 0 radical (unpaired) electrons. The maximum atomic E-state index is 2.60. The molecule has 1 aliphatic rings. The van der Waals surface area contributed by atoms with Crippen LogP contribution in [0.25, 0.3) is 0 Å². The van der Waals surface area contributed by atoms with Crippen molar-refractivity contribution in [1.82, 2.24) is 0 Å². The van der Waals surface area contributed by atoms with Crippen molar-refractivity contribution in [2.24, 2.45) is 0 Å². The third-order valence-corrected chi connectivity index (χ3v) is 10.2. The molecule has 1 saturated heterocycles. The molecule has 19 heavy (non-hydrogen) atoms. The van der Waals surface area contributed by atoms with Gasteiger partial charge in [-0.2, -0.15) is 0 Å². The van der Waals surface area contributed by atoms with Gasteiger partial charge in [0.1, 0.15) is 0 Å². The van der Waals surface area contributed by atoms with Crippen molar-refractivity contribution in [2.45, 2.75) is 24.9 Å². The van der Waals surface area contributed by atoms with E-state index in [9.17, 15) is 0 Å². The second-order valence-electron chi connectivity index (χ2n) is 6.06. The van der Waals surface area contributed by atoms with Gasteiger partial charge < -0.3 is 0 Å². The minimum absolute atomic E-state index is 0.914. The molecule has 0 amide bonds. The van der Waals surface area contributed by atoms with Gasteiger partial charge in [-0.1, -0.05) is 0 Å². The van der Waals surface area contributed by atoms with Crippen molar-refractivity contribution in [2.75, 3.05) is 6.16 Å². The predicted octanol–water partition coefficient (Wildman–Crippen LogP) is 3.02. The van der Waals surface area contributed by atoms with Gasteiger partial charge in [-0.3, -0.25) is 0 Å². The summed E-state index contributed by atoms with van der Waals surface area (Å²) in [6.45, 7) is 0. The monoisotopic (exact) mass is 268 g/mol. The molecule has 0 unspecified atom stereocenters. The van der Waals surface area contributed by atoms with Crippen molar-refractivity contribution in [3.8, 4) is 0 Å². The zero-order valence-corrected chi connectivity index (χ0v) is 12.7. The van der Waals surface area contributed by atoms with Crippen molar-refractivity contribution in [3.63, 3.8) is 0 Å². The summed E-state index contributed by atoms with van der Waals surface area (Å²) in [5.41, 5.74) is 2.43. The van der Waals surface area contributed by atoms with Gasteiger partial charge in [0.2, 0.25) is 0 Å². The van der Waals surface area contributed by atoms with E-state index in [2.05, 4.69) is 68.2 Å². The SMILES string of the molecule is B[PH]1(c2ccccc2)CCC[C@@H]1Cc1ccccc1. The van der Waals surface area contributed by atoms with Gasteiger partial charge >= 0.3 is 117 Å².